The van der Waals surface area contributed by atoms with E-state index in [4.69, 9.17) is 109 Å². The van der Waals surface area contributed by atoms with Crippen molar-refractivity contribution in [1.29, 1.82) is 0 Å². The summed E-state index contributed by atoms with van der Waals surface area (Å²) >= 11 is 34.0. The SMILES string of the molecule is C.C.CC1(C)OB(c2ccc(NC(N)=O)cc2)OC1(C)C.COc1ccc(CBr)cc1Br.COc1ccc(Cc2ccc(NC(N)=O)cc2)cc1-c1cccc(Cl)c1.COc1ccc(Cc2ccc(NC(N)=O)cc2)cc1Br.NC(=O)Nc1ccc(Cc2ccc(O)c(-c3cccc(Cl)c3)c2)cc1.NC(=O)Nc1ccc(Cc2ccc(OS(=O)(=O)[O-])c(-c3cccc(Cl)c3)c2)cc1.OB(O)c1cccc(Cl)c1.[CH3-].[Na+]. The van der Waals surface area contributed by atoms with Gasteiger partial charge < -0.3 is 110 Å². The number of anilines is 5. The number of primary amides is 5. The molecule has 1 aliphatic rings. The van der Waals surface area contributed by atoms with Gasteiger partial charge in [0, 0.05) is 70.5 Å². The van der Waals surface area contributed by atoms with Crippen LogP contribution in [0.2, 0.25) is 20.1 Å². The molecule has 14 aromatic carbocycles. The third-order valence-electron chi connectivity index (χ3n) is 20.9. The third kappa shape index (κ3) is 40.5. The maximum Gasteiger partial charge on any atom is 1.00 e. The van der Waals surface area contributed by atoms with Gasteiger partial charge in [-0.15, -0.1) is 0 Å². The molecule has 0 aliphatic carbocycles. The molecule has 1 saturated heterocycles. The monoisotopic (exact) mass is 2250 g/mol. The summed E-state index contributed by atoms with van der Waals surface area (Å²) in [6.45, 7) is 8.04. The zero-order valence-electron chi connectivity index (χ0n) is 78.6. The van der Waals surface area contributed by atoms with Gasteiger partial charge in [0.15, 0.2) is 0 Å². The summed E-state index contributed by atoms with van der Waals surface area (Å²) < 4.78 is 67.5. The molecular weight excluding hydrogens is 2140 g/mol. The number of urea groups is 5. The van der Waals surface area contributed by atoms with E-state index in [1.165, 1.54) is 23.3 Å². The number of phenolic OH excluding ortho intramolecular Hbond substituents is 1. The maximum atomic E-state index is 11.1. The van der Waals surface area contributed by atoms with E-state index in [0.29, 0.717) is 78.0 Å². The van der Waals surface area contributed by atoms with Crippen molar-refractivity contribution in [1.82, 2.24) is 0 Å². The van der Waals surface area contributed by atoms with E-state index in [2.05, 4.69) is 84.6 Å². The number of carbonyl (C=O) groups is 5. The van der Waals surface area contributed by atoms with Crippen molar-refractivity contribution in [2.45, 2.75) is 84.8 Å². The molecule has 750 valence electrons. The smallest absolute Gasteiger partial charge is 0.716 e. The fourth-order valence-corrected chi connectivity index (χ4v) is 16.2. The Kier molecular flexibility index (Phi) is 50.5. The summed E-state index contributed by atoms with van der Waals surface area (Å²) in [5.74, 6) is 2.63. The zero-order valence-corrected chi connectivity index (χ0v) is 89.2. The number of alkyl halides is 1. The average molecular weight is 2260 g/mol. The molecule has 144 heavy (non-hydrogen) atoms. The van der Waals surface area contributed by atoms with Crippen LogP contribution in [0.3, 0.4) is 0 Å². The van der Waals surface area contributed by atoms with Crippen LogP contribution < -0.4 is 114 Å². The van der Waals surface area contributed by atoms with Gasteiger partial charge >= 0.3 is 73.9 Å². The number of nitrogens with one attached hydrogen (secondary N) is 5. The molecule has 18 N–H and O–H groups in total. The van der Waals surface area contributed by atoms with E-state index in [9.17, 15) is 42.0 Å². The second kappa shape index (κ2) is 59.4. The molecule has 0 bridgehead atoms. The van der Waals surface area contributed by atoms with Crippen LogP contribution in [0.1, 0.15) is 92.6 Å². The first-order valence-corrected chi connectivity index (χ1v) is 48.1. The van der Waals surface area contributed by atoms with Crippen molar-refractivity contribution in [3.8, 4) is 62.1 Å². The van der Waals surface area contributed by atoms with Crippen molar-refractivity contribution in [2.75, 3.05) is 47.9 Å². The number of amides is 10. The minimum Gasteiger partial charge on any atom is -0.716 e. The van der Waals surface area contributed by atoms with Gasteiger partial charge in [0.1, 0.15) is 28.7 Å². The number of carbonyl (C=O) groups excluding carboxylic acids is 5. The molecule has 1 aliphatic heterocycles. The molecule has 1 heterocycles. The third-order valence-corrected chi connectivity index (χ3v) is 24.1. The van der Waals surface area contributed by atoms with Gasteiger partial charge in [0.05, 0.1) is 41.5 Å². The molecule has 27 nitrogen and oxygen atoms in total. The zero-order chi connectivity index (χ0) is 102. The summed E-state index contributed by atoms with van der Waals surface area (Å²) in [6.07, 6.45) is 2.79. The van der Waals surface area contributed by atoms with Crippen molar-refractivity contribution in [3.63, 3.8) is 0 Å². The minimum absolute atomic E-state index is 0. The minimum atomic E-state index is -4.93. The Balaban J connectivity index is 0.000000301. The molecule has 0 spiro atoms. The van der Waals surface area contributed by atoms with Crippen LogP contribution >= 0.6 is 94.2 Å². The van der Waals surface area contributed by atoms with E-state index in [1.54, 1.807) is 124 Å². The standard InChI is InChI=1S/C21H19ClN2O2.C20H17ClN2O5S.C20H17ClN2O2.C15H15BrN2O2.C13H19BN2O3.C8H8Br2O.C6H6BClO2.2CH4.CH3.Na/c1-26-20-10-7-15(12-19(20)16-3-2-4-17(22)13-16)11-14-5-8-18(9-6-14)24-21(23)25;21-16-3-1-2-15(12-16)18-11-14(6-9-19(18)28-29(25,26)27)10-13-4-7-17(8-5-13)23-20(22)24;21-16-3-1-2-15(12-16)18-11-14(6-9-19(18)24)10-13-4-7-17(8-5-13)23-20(22)25;1-20-14-7-4-11(9-13(14)16)8-10-2-5-12(6-3-10)18-15(17)19;1-12(2)13(3,4)19-14(18-12)9-5-7-10(8-6-9)16-11(15)17;1-11-8-3-2-6(5-9)4-7(8)10;8-6-3-1-2-5(4-6)7(9)10;;;;/h2-10,12-13H,11H2,1H3,(H3,23,24,25);1-9,11-12H,10H2,(H3,22,23,24)(H,25,26,27);1-9,11-12,24H,10H2,(H3,22,23,25);2-7,9H,8H2,1H3,(H3,17,18,19);5-8H,1-4H3,(H3,15,16,17);2-4H,5H2,1H3;1-4,9-10H;2*1H4;1H3;/q;;;;;;;;;-1;+1/p-1. The number of halogens is 7. The van der Waals surface area contributed by atoms with Gasteiger partial charge in [-0.25, -0.2) is 32.4 Å². The Morgan fingerprint density at radius 2 is 0.660 bits per heavy atom. The molecule has 0 radical (unpaired) electrons. The van der Waals surface area contributed by atoms with Gasteiger partial charge in [-0.3, -0.25) is 0 Å². The quantitative estimate of drug-likeness (QED) is 0.00878. The largest absolute Gasteiger partial charge is 1.00 e. The average Bonchev–Trinajstić information content (AvgIpc) is 1.61. The fourth-order valence-electron chi connectivity index (χ4n) is 13.5. The van der Waals surface area contributed by atoms with Gasteiger partial charge in [-0.1, -0.05) is 217 Å². The molecule has 10 amide bonds. The summed E-state index contributed by atoms with van der Waals surface area (Å²) in [6, 6.07) is 90.9. The maximum absolute atomic E-state index is 11.1. The number of hydrogen-bond donors (Lipinski definition) is 13. The van der Waals surface area contributed by atoms with Crippen LogP contribution in [-0.4, -0.2) is 105 Å². The summed E-state index contributed by atoms with van der Waals surface area (Å²) in [5.41, 5.74) is 43.7. The number of rotatable bonds is 24. The van der Waals surface area contributed by atoms with Crippen LogP contribution in [0, 0.1) is 7.43 Å². The van der Waals surface area contributed by atoms with Crippen LogP contribution in [0.25, 0.3) is 33.4 Å². The number of benzene rings is 14. The Morgan fingerprint density at radius 1 is 0.389 bits per heavy atom. The first kappa shape index (κ1) is 122. The summed E-state index contributed by atoms with van der Waals surface area (Å²) in [5, 5.41) is 43.2. The number of nitrogens with two attached hydrogens (primary N) is 5. The van der Waals surface area contributed by atoms with Crippen LogP contribution in [0.15, 0.2) is 318 Å². The van der Waals surface area contributed by atoms with Crippen molar-refractivity contribution in [3.05, 3.63) is 396 Å². The predicted molar refractivity (Wildman–Crippen MR) is 590 cm³/mol. The topological polar surface area (TPSA) is 449 Å². The van der Waals surface area contributed by atoms with E-state index >= 15 is 0 Å². The van der Waals surface area contributed by atoms with E-state index < -0.39 is 54.8 Å². The fraction of sp³-hybridized carbons (Fsp3) is 0.151. The number of phenols is 1. The Bertz CT molecular complexity index is 6690. The van der Waals surface area contributed by atoms with E-state index in [0.717, 1.165) is 111 Å². The molecule has 38 heteroatoms. The first-order valence-electron chi connectivity index (χ1n) is 42.5. The van der Waals surface area contributed by atoms with E-state index in [-0.39, 0.29) is 74.5 Å². The van der Waals surface area contributed by atoms with Crippen molar-refractivity contribution in [2.24, 2.45) is 28.7 Å². The number of hydrogen-bond acceptors (Lipinski definition) is 17. The molecule has 0 atom stereocenters. The van der Waals surface area contributed by atoms with Gasteiger partial charge in [-0.05, 0) is 333 Å². The van der Waals surface area contributed by atoms with Gasteiger partial charge in [0.25, 0.3) is 10.4 Å². The number of ether oxygens (including phenoxy) is 3. The normalized spacial score (nSPS) is 11.4. The molecule has 0 aromatic heterocycles. The summed E-state index contributed by atoms with van der Waals surface area (Å²) in [7, 11) is -1.80. The molecule has 15 rings (SSSR count). The summed E-state index contributed by atoms with van der Waals surface area (Å²) in [4.78, 5) is 54.1. The van der Waals surface area contributed by atoms with Crippen LogP contribution in [-0.2, 0) is 50.7 Å². The van der Waals surface area contributed by atoms with Crippen molar-refractivity contribution < 1.29 is 109 Å². The van der Waals surface area contributed by atoms with Crippen LogP contribution in [0.4, 0.5) is 52.4 Å². The molecule has 1 fully saturated rings. The van der Waals surface area contributed by atoms with Gasteiger partial charge in [0.2, 0.25) is 0 Å². The van der Waals surface area contributed by atoms with Gasteiger partial charge in [-0.2, -0.15) is 0 Å². The second-order valence-electron chi connectivity index (χ2n) is 31.9. The number of aromatic hydroxyl groups is 1. The van der Waals surface area contributed by atoms with Crippen molar-refractivity contribution >= 4 is 188 Å². The number of methoxy groups -OCH3 is 3. The second-order valence-corrected chi connectivity index (χ2v) is 36.9. The Labute approximate surface area is 908 Å². The van der Waals surface area contributed by atoms with E-state index in [1.807, 2.05) is 216 Å². The Morgan fingerprint density at radius 3 is 0.958 bits per heavy atom. The molecule has 0 unspecified atom stereocenters. The molecule has 0 saturated carbocycles. The van der Waals surface area contributed by atoms with Crippen LogP contribution in [0.5, 0.6) is 28.7 Å². The molecular formula is C106H111B2Br3Cl4N10NaO17S-. The predicted octanol–water partition coefficient (Wildman–Crippen LogP) is 20.9. The first-order chi connectivity index (χ1) is 66.5. The Hall–Kier alpha value is -12.1. The molecule has 14 aromatic rings.